The highest BCUT2D eigenvalue weighted by molar-refractivity contribution is 5.77. The largest absolute Gasteiger partial charge is 0.372 e. The molecule has 0 aromatic heterocycles. The van der Waals surface area contributed by atoms with E-state index in [1.165, 1.54) is 0 Å². The topological polar surface area (TPSA) is 50.4 Å². The molecule has 2 N–H and O–H groups in total. The molecule has 4 nitrogen and oxygen atoms in total. The fourth-order valence-electron chi connectivity index (χ4n) is 1.76. The normalized spacial score (nSPS) is 19.9. The third-order valence-corrected chi connectivity index (χ3v) is 2.96. The molecule has 0 radical (unpaired) electrons. The number of rotatable bonds is 5. The van der Waals surface area contributed by atoms with Gasteiger partial charge in [0.05, 0.1) is 0 Å². The third kappa shape index (κ3) is 4.62. The Morgan fingerprint density at radius 1 is 1.47 bits per heavy atom. The Morgan fingerprint density at radius 3 is 2.73 bits per heavy atom. The van der Waals surface area contributed by atoms with Gasteiger partial charge in [0.15, 0.2) is 0 Å². The van der Waals surface area contributed by atoms with Crippen LogP contribution in [0.2, 0.25) is 0 Å². The van der Waals surface area contributed by atoms with Gasteiger partial charge in [0, 0.05) is 13.2 Å². The van der Waals surface area contributed by atoms with Crippen LogP contribution in [0.5, 0.6) is 0 Å². The second-order valence-electron chi connectivity index (χ2n) is 4.47. The van der Waals surface area contributed by atoms with Crippen LogP contribution in [0.25, 0.3) is 0 Å². The van der Waals surface area contributed by atoms with Crippen LogP contribution >= 0.6 is 0 Å². The quantitative estimate of drug-likeness (QED) is 0.702. The van der Waals surface area contributed by atoms with Gasteiger partial charge in [-0.3, -0.25) is 4.79 Å². The summed E-state index contributed by atoms with van der Waals surface area (Å²) < 4.78 is 5.04. The summed E-state index contributed by atoms with van der Waals surface area (Å²) in [5.41, 5.74) is 0.257. The maximum absolute atomic E-state index is 11.3. The van der Waals surface area contributed by atoms with E-state index in [0.29, 0.717) is 6.61 Å². The molecule has 0 spiro atoms. The molecule has 0 aromatic rings. The molecule has 1 aliphatic rings. The maximum atomic E-state index is 11.3. The number of carbonyl (C=O) groups excluding carboxylic acids is 1. The minimum atomic E-state index is -0.00314. The van der Waals surface area contributed by atoms with Crippen LogP contribution in [-0.4, -0.2) is 38.8 Å². The first-order valence-electron chi connectivity index (χ1n) is 5.71. The number of amides is 1. The van der Waals surface area contributed by atoms with Crippen molar-refractivity contribution in [2.45, 2.75) is 26.7 Å². The SMILES string of the molecule is CCOCC(=O)NCC1(C)CCNCC1. The van der Waals surface area contributed by atoms with E-state index < -0.39 is 0 Å². The highest BCUT2D eigenvalue weighted by Gasteiger charge is 2.26. The van der Waals surface area contributed by atoms with Gasteiger partial charge in [0.2, 0.25) is 5.91 Å². The summed E-state index contributed by atoms with van der Waals surface area (Å²) in [5, 5.41) is 6.26. The summed E-state index contributed by atoms with van der Waals surface area (Å²) in [6.45, 7) is 7.77. The Bertz CT molecular complexity index is 201. The Labute approximate surface area is 91.8 Å². The van der Waals surface area contributed by atoms with E-state index in [1.807, 2.05) is 6.92 Å². The van der Waals surface area contributed by atoms with Crippen LogP contribution in [-0.2, 0) is 9.53 Å². The summed E-state index contributed by atoms with van der Waals surface area (Å²) in [7, 11) is 0. The van der Waals surface area contributed by atoms with Gasteiger partial charge in [-0.05, 0) is 38.3 Å². The average molecular weight is 214 g/mol. The second kappa shape index (κ2) is 6.08. The molecule has 0 aliphatic carbocycles. The highest BCUT2D eigenvalue weighted by Crippen LogP contribution is 2.26. The first kappa shape index (κ1) is 12.5. The Kier molecular flexibility index (Phi) is 5.05. The van der Waals surface area contributed by atoms with Crippen molar-refractivity contribution in [3.8, 4) is 0 Å². The summed E-state index contributed by atoms with van der Waals surface area (Å²) in [6, 6.07) is 0. The van der Waals surface area contributed by atoms with Crippen LogP contribution in [0.3, 0.4) is 0 Å². The molecule has 1 aliphatic heterocycles. The van der Waals surface area contributed by atoms with Crippen LogP contribution < -0.4 is 10.6 Å². The smallest absolute Gasteiger partial charge is 0.246 e. The van der Waals surface area contributed by atoms with Gasteiger partial charge in [-0.25, -0.2) is 0 Å². The summed E-state index contributed by atoms with van der Waals surface area (Å²) in [4.78, 5) is 11.3. The van der Waals surface area contributed by atoms with E-state index in [0.717, 1.165) is 32.5 Å². The molecule has 1 rings (SSSR count). The summed E-state index contributed by atoms with van der Waals surface area (Å²) >= 11 is 0. The molecular weight excluding hydrogens is 192 g/mol. The Morgan fingerprint density at radius 2 is 2.13 bits per heavy atom. The molecule has 1 amide bonds. The van der Waals surface area contributed by atoms with Crippen molar-refractivity contribution in [3.05, 3.63) is 0 Å². The molecule has 4 heteroatoms. The Balaban J connectivity index is 2.19. The van der Waals surface area contributed by atoms with E-state index in [4.69, 9.17) is 4.74 Å². The molecule has 1 saturated heterocycles. The van der Waals surface area contributed by atoms with Gasteiger partial charge in [-0.1, -0.05) is 6.92 Å². The van der Waals surface area contributed by atoms with Crippen molar-refractivity contribution in [1.29, 1.82) is 0 Å². The number of piperidine rings is 1. The monoisotopic (exact) mass is 214 g/mol. The van der Waals surface area contributed by atoms with E-state index in [1.54, 1.807) is 0 Å². The summed E-state index contributed by atoms with van der Waals surface area (Å²) in [5.74, 6) is -0.00314. The predicted molar refractivity (Wildman–Crippen MR) is 59.7 cm³/mol. The zero-order valence-electron chi connectivity index (χ0n) is 9.77. The van der Waals surface area contributed by atoms with Crippen molar-refractivity contribution in [2.75, 3.05) is 32.8 Å². The molecular formula is C11H22N2O2. The lowest BCUT2D eigenvalue weighted by atomic mass is 9.81. The molecule has 88 valence electrons. The van der Waals surface area contributed by atoms with Crippen LogP contribution in [0.15, 0.2) is 0 Å². The maximum Gasteiger partial charge on any atom is 0.246 e. The van der Waals surface area contributed by atoms with E-state index >= 15 is 0 Å². The average Bonchev–Trinajstić information content (AvgIpc) is 2.25. The summed E-state index contributed by atoms with van der Waals surface area (Å²) in [6.07, 6.45) is 2.25. The first-order valence-corrected chi connectivity index (χ1v) is 5.71. The van der Waals surface area contributed by atoms with Gasteiger partial charge in [0.1, 0.15) is 6.61 Å². The predicted octanol–water partition coefficient (Wildman–Crippen LogP) is 0.529. The van der Waals surface area contributed by atoms with Gasteiger partial charge in [-0.15, -0.1) is 0 Å². The van der Waals surface area contributed by atoms with Gasteiger partial charge >= 0.3 is 0 Å². The number of nitrogens with one attached hydrogen (secondary N) is 2. The highest BCUT2D eigenvalue weighted by atomic mass is 16.5. The zero-order valence-corrected chi connectivity index (χ0v) is 9.77. The van der Waals surface area contributed by atoms with Gasteiger partial charge in [0.25, 0.3) is 0 Å². The standard InChI is InChI=1S/C11H22N2O2/c1-3-15-8-10(14)13-9-11(2)4-6-12-7-5-11/h12H,3-9H2,1-2H3,(H,13,14). The fourth-order valence-corrected chi connectivity index (χ4v) is 1.76. The Hall–Kier alpha value is -0.610. The molecule has 1 heterocycles. The van der Waals surface area contributed by atoms with Crippen LogP contribution in [0.1, 0.15) is 26.7 Å². The molecule has 15 heavy (non-hydrogen) atoms. The third-order valence-electron chi connectivity index (χ3n) is 2.96. The fraction of sp³-hybridized carbons (Fsp3) is 0.909. The van der Waals surface area contributed by atoms with E-state index in [-0.39, 0.29) is 17.9 Å². The molecule has 0 unspecified atom stereocenters. The van der Waals surface area contributed by atoms with Crippen molar-refractivity contribution in [1.82, 2.24) is 10.6 Å². The molecule has 1 fully saturated rings. The molecule has 0 aromatic carbocycles. The first-order chi connectivity index (χ1) is 7.16. The lowest BCUT2D eigenvalue weighted by Gasteiger charge is -2.34. The minimum absolute atomic E-state index is 0.00314. The number of carbonyl (C=O) groups is 1. The number of ether oxygens (including phenoxy) is 1. The lowest BCUT2D eigenvalue weighted by Crippen LogP contribution is -2.43. The van der Waals surface area contributed by atoms with E-state index in [2.05, 4.69) is 17.6 Å². The van der Waals surface area contributed by atoms with Crippen molar-refractivity contribution < 1.29 is 9.53 Å². The van der Waals surface area contributed by atoms with Crippen LogP contribution in [0.4, 0.5) is 0 Å². The second-order valence-corrected chi connectivity index (χ2v) is 4.47. The van der Waals surface area contributed by atoms with Crippen molar-refractivity contribution in [2.24, 2.45) is 5.41 Å². The number of hydrogen-bond donors (Lipinski definition) is 2. The van der Waals surface area contributed by atoms with E-state index in [9.17, 15) is 4.79 Å². The lowest BCUT2D eigenvalue weighted by molar-refractivity contribution is -0.126. The van der Waals surface area contributed by atoms with Gasteiger partial charge in [-0.2, -0.15) is 0 Å². The molecule has 0 bridgehead atoms. The molecule has 0 atom stereocenters. The van der Waals surface area contributed by atoms with Crippen LogP contribution in [0, 0.1) is 5.41 Å². The van der Waals surface area contributed by atoms with Gasteiger partial charge < -0.3 is 15.4 Å². The molecule has 0 saturated carbocycles. The zero-order chi connectivity index (χ0) is 11.1. The number of hydrogen-bond acceptors (Lipinski definition) is 3. The van der Waals surface area contributed by atoms with Crippen molar-refractivity contribution in [3.63, 3.8) is 0 Å². The van der Waals surface area contributed by atoms with Crippen molar-refractivity contribution >= 4 is 5.91 Å². The minimum Gasteiger partial charge on any atom is -0.372 e.